The second-order valence-electron chi connectivity index (χ2n) is 10.6. The third kappa shape index (κ3) is 6.79. The summed E-state index contributed by atoms with van der Waals surface area (Å²) in [6.45, 7) is 2.16. The topological polar surface area (TPSA) is 73.4 Å². The van der Waals surface area contributed by atoms with Crippen molar-refractivity contribution in [1.29, 1.82) is 0 Å². The minimum Gasteiger partial charge on any atom is -0.365 e. The van der Waals surface area contributed by atoms with Crippen molar-refractivity contribution < 1.29 is 22.4 Å². The molecule has 0 atom stereocenters. The molecule has 1 aliphatic rings. The first-order valence-corrected chi connectivity index (χ1v) is 13.7. The first kappa shape index (κ1) is 29.2. The number of fused-ring (bicyclic) bond motifs is 1. The van der Waals surface area contributed by atoms with E-state index in [1.165, 1.54) is 18.2 Å². The normalized spacial score (nSPS) is 14.1. The van der Waals surface area contributed by atoms with Crippen LogP contribution in [-0.2, 0) is 24.1 Å². The zero-order valence-electron chi connectivity index (χ0n) is 23.4. The number of aromatic nitrogens is 2. The third-order valence-corrected chi connectivity index (χ3v) is 7.33. The Morgan fingerprint density at radius 3 is 2.26 bits per heavy atom. The van der Waals surface area contributed by atoms with E-state index >= 15 is 0 Å². The number of piperidine rings is 1. The van der Waals surface area contributed by atoms with Gasteiger partial charge in [0.15, 0.2) is 0 Å². The Bertz CT molecular complexity index is 1530. The van der Waals surface area contributed by atoms with Crippen molar-refractivity contribution in [2.45, 2.75) is 32.1 Å². The Balaban J connectivity index is 1.39. The smallest absolute Gasteiger partial charge is 0.365 e. The van der Waals surface area contributed by atoms with Crippen LogP contribution in [0.2, 0.25) is 0 Å². The fourth-order valence-electron chi connectivity index (χ4n) is 4.96. The molecule has 1 aromatic heterocycles. The van der Waals surface area contributed by atoms with E-state index < -0.39 is 11.7 Å². The zero-order chi connectivity index (χ0) is 29.9. The predicted molar refractivity (Wildman–Crippen MR) is 156 cm³/mol. The van der Waals surface area contributed by atoms with Crippen LogP contribution in [-0.4, -0.2) is 43.1 Å². The summed E-state index contributed by atoms with van der Waals surface area (Å²) in [6.07, 6.45) is -3.00. The van der Waals surface area contributed by atoms with Gasteiger partial charge in [0, 0.05) is 37.6 Å². The van der Waals surface area contributed by atoms with Crippen LogP contribution in [0, 0.1) is 11.7 Å². The Morgan fingerprint density at radius 2 is 1.62 bits per heavy atom. The fourth-order valence-corrected chi connectivity index (χ4v) is 4.96. The van der Waals surface area contributed by atoms with Crippen molar-refractivity contribution >= 4 is 34.3 Å². The number of carbonyl (C=O) groups excluding carboxylic acids is 1. The van der Waals surface area contributed by atoms with E-state index in [0.29, 0.717) is 23.7 Å². The van der Waals surface area contributed by atoms with Gasteiger partial charge in [0.2, 0.25) is 11.9 Å². The van der Waals surface area contributed by atoms with E-state index in [4.69, 9.17) is 0 Å². The maximum Gasteiger partial charge on any atom is 0.416 e. The van der Waals surface area contributed by atoms with Crippen LogP contribution in [0.25, 0.3) is 10.9 Å². The fraction of sp³-hybridized carbons (Fsp3) is 0.323. The van der Waals surface area contributed by atoms with Gasteiger partial charge in [-0.25, -0.2) is 9.37 Å². The summed E-state index contributed by atoms with van der Waals surface area (Å²) < 4.78 is 53.8. The first-order valence-electron chi connectivity index (χ1n) is 13.7. The van der Waals surface area contributed by atoms with E-state index in [1.54, 1.807) is 36.0 Å². The molecule has 0 aliphatic carbocycles. The lowest BCUT2D eigenvalue weighted by Crippen LogP contribution is -2.40. The molecule has 2 heterocycles. The standard InChI is InChI=1S/C31H32F4N6O/c1-40(2)30-38-27-12-7-23(31(33,34)35)17-26(27)28(39-30)37-18-20-5-10-25(11-6-20)41(19-21-3-8-24(32)9-4-21)29(42)22-13-15-36-16-14-22/h3-12,17,22,36H,13-16,18-19H2,1-2H3,(H,37,38,39). The maximum absolute atomic E-state index is 13.6. The lowest BCUT2D eigenvalue weighted by Gasteiger charge is -2.30. The summed E-state index contributed by atoms with van der Waals surface area (Å²) in [7, 11) is 3.52. The van der Waals surface area contributed by atoms with E-state index in [9.17, 15) is 22.4 Å². The summed E-state index contributed by atoms with van der Waals surface area (Å²) >= 11 is 0. The number of nitrogens with zero attached hydrogens (tertiary/aromatic N) is 4. The molecule has 0 spiro atoms. The maximum atomic E-state index is 13.6. The van der Waals surface area contributed by atoms with Gasteiger partial charge in [0.05, 0.1) is 17.6 Å². The monoisotopic (exact) mass is 580 g/mol. The number of amides is 1. The Kier molecular flexibility index (Phi) is 8.58. The molecule has 0 bridgehead atoms. The van der Waals surface area contributed by atoms with Gasteiger partial charge in [-0.15, -0.1) is 0 Å². The highest BCUT2D eigenvalue weighted by Crippen LogP contribution is 2.33. The average Bonchev–Trinajstić information content (AvgIpc) is 2.99. The molecule has 3 aromatic carbocycles. The predicted octanol–water partition coefficient (Wildman–Crippen LogP) is 6.00. The molecule has 2 N–H and O–H groups in total. The molecule has 1 fully saturated rings. The minimum absolute atomic E-state index is 0.0239. The number of anilines is 3. The number of alkyl halides is 3. The van der Waals surface area contributed by atoms with Gasteiger partial charge in [0.1, 0.15) is 11.6 Å². The number of halogens is 4. The highest BCUT2D eigenvalue weighted by atomic mass is 19.4. The van der Waals surface area contributed by atoms with Gasteiger partial charge in [-0.1, -0.05) is 24.3 Å². The van der Waals surface area contributed by atoms with E-state index in [0.717, 1.165) is 49.2 Å². The minimum atomic E-state index is -4.49. The Morgan fingerprint density at radius 1 is 0.952 bits per heavy atom. The number of hydrogen-bond acceptors (Lipinski definition) is 6. The van der Waals surface area contributed by atoms with E-state index in [1.807, 2.05) is 24.3 Å². The van der Waals surface area contributed by atoms with E-state index in [2.05, 4.69) is 20.6 Å². The highest BCUT2D eigenvalue weighted by molar-refractivity contribution is 5.95. The molecule has 1 amide bonds. The van der Waals surface area contributed by atoms with Crippen molar-refractivity contribution in [3.05, 3.63) is 89.2 Å². The number of nitrogens with one attached hydrogen (secondary N) is 2. The van der Waals surface area contributed by atoms with Crippen LogP contribution >= 0.6 is 0 Å². The molecular weight excluding hydrogens is 548 g/mol. The number of rotatable bonds is 8. The molecule has 1 saturated heterocycles. The first-order chi connectivity index (χ1) is 20.1. The summed E-state index contributed by atoms with van der Waals surface area (Å²) in [5, 5.41) is 6.73. The number of benzene rings is 3. The van der Waals surface area contributed by atoms with Crippen LogP contribution in [0.4, 0.5) is 35.0 Å². The van der Waals surface area contributed by atoms with Gasteiger partial charge in [-0.05, 0) is 79.5 Å². The lowest BCUT2D eigenvalue weighted by atomic mass is 9.96. The molecule has 11 heteroatoms. The van der Waals surface area contributed by atoms with Gasteiger partial charge in [-0.2, -0.15) is 18.2 Å². The van der Waals surface area contributed by atoms with Crippen LogP contribution in [0.15, 0.2) is 66.7 Å². The molecule has 5 rings (SSSR count). The molecule has 0 radical (unpaired) electrons. The second-order valence-corrected chi connectivity index (χ2v) is 10.6. The lowest BCUT2D eigenvalue weighted by molar-refractivity contribution is -0.137. The summed E-state index contributed by atoms with van der Waals surface area (Å²) in [5.41, 5.74) is 1.99. The average molecular weight is 581 g/mol. The van der Waals surface area contributed by atoms with Crippen molar-refractivity contribution in [3.63, 3.8) is 0 Å². The van der Waals surface area contributed by atoms with Crippen LogP contribution < -0.4 is 20.4 Å². The van der Waals surface area contributed by atoms with Crippen molar-refractivity contribution in [3.8, 4) is 0 Å². The van der Waals surface area contributed by atoms with Crippen LogP contribution in [0.3, 0.4) is 0 Å². The molecule has 4 aromatic rings. The molecule has 42 heavy (non-hydrogen) atoms. The Labute approximate surface area is 241 Å². The van der Waals surface area contributed by atoms with Gasteiger partial charge >= 0.3 is 6.18 Å². The molecule has 1 aliphatic heterocycles. The Hall–Kier alpha value is -4.25. The van der Waals surface area contributed by atoms with Gasteiger partial charge < -0.3 is 20.4 Å². The van der Waals surface area contributed by atoms with Gasteiger partial charge in [0.25, 0.3) is 0 Å². The summed E-state index contributed by atoms with van der Waals surface area (Å²) in [5.74, 6) is 0.240. The summed E-state index contributed by atoms with van der Waals surface area (Å²) in [4.78, 5) is 25.9. The molecule has 220 valence electrons. The molecular formula is C31H32F4N6O. The molecule has 0 saturated carbocycles. The quantitative estimate of drug-likeness (QED) is 0.249. The van der Waals surface area contributed by atoms with Crippen LogP contribution in [0.5, 0.6) is 0 Å². The molecule has 0 unspecified atom stereocenters. The second kappa shape index (κ2) is 12.3. The number of carbonyl (C=O) groups is 1. The SMILES string of the molecule is CN(C)c1nc(NCc2ccc(N(Cc3ccc(F)cc3)C(=O)C3CCNCC3)cc2)c2cc(C(F)(F)F)ccc2n1. The van der Waals surface area contributed by atoms with Crippen molar-refractivity contribution in [2.24, 2.45) is 5.92 Å². The van der Waals surface area contributed by atoms with Crippen LogP contribution in [0.1, 0.15) is 29.5 Å². The van der Waals surface area contributed by atoms with Gasteiger partial charge in [-0.3, -0.25) is 4.79 Å². The number of hydrogen-bond donors (Lipinski definition) is 2. The van der Waals surface area contributed by atoms with E-state index in [-0.39, 0.29) is 35.4 Å². The van der Waals surface area contributed by atoms with Crippen molar-refractivity contribution in [1.82, 2.24) is 15.3 Å². The highest BCUT2D eigenvalue weighted by Gasteiger charge is 2.31. The zero-order valence-corrected chi connectivity index (χ0v) is 23.4. The summed E-state index contributed by atoms with van der Waals surface area (Å²) in [6, 6.07) is 17.0. The van der Waals surface area contributed by atoms with Crippen molar-refractivity contribution in [2.75, 3.05) is 42.3 Å². The molecule has 7 nitrogen and oxygen atoms in total. The largest absolute Gasteiger partial charge is 0.416 e. The third-order valence-electron chi connectivity index (χ3n) is 7.33.